The van der Waals surface area contributed by atoms with Gasteiger partial charge in [-0.3, -0.25) is 4.79 Å². The van der Waals surface area contributed by atoms with Gasteiger partial charge >= 0.3 is 0 Å². The molecule has 0 bridgehead atoms. The summed E-state index contributed by atoms with van der Waals surface area (Å²) in [7, 11) is 0. The van der Waals surface area contributed by atoms with Crippen LogP contribution >= 0.6 is 0 Å². The number of nitrogens with zero attached hydrogens (tertiary/aromatic N) is 2. The van der Waals surface area contributed by atoms with E-state index in [0.717, 1.165) is 6.07 Å². The van der Waals surface area contributed by atoms with Gasteiger partial charge in [-0.25, -0.2) is 4.39 Å². The van der Waals surface area contributed by atoms with Crippen LogP contribution in [0.4, 0.5) is 4.39 Å². The van der Waals surface area contributed by atoms with Crippen molar-refractivity contribution in [1.29, 1.82) is 0 Å². The number of aldehydes is 1. The number of carbonyl (C=O) groups excluding carboxylic acids is 1. The number of hydrogen-bond acceptors (Lipinski definition) is 5. The number of carbonyl (C=O) groups is 1. The Hall–Kier alpha value is -2.08. The lowest BCUT2D eigenvalue weighted by molar-refractivity contribution is 0.112. The number of aromatic nitrogens is 2. The summed E-state index contributed by atoms with van der Waals surface area (Å²) in [6.07, 6.45) is 0.539. The van der Waals surface area contributed by atoms with Crippen LogP contribution in [-0.4, -0.2) is 16.4 Å². The Morgan fingerprint density at radius 1 is 1.50 bits per heavy atom. The van der Waals surface area contributed by atoms with Crippen molar-refractivity contribution in [2.75, 3.05) is 0 Å². The molecule has 0 saturated carbocycles. The SMILES string of the molecule is NCc1nc(-c2ccc(F)cc2C=O)no1. The van der Waals surface area contributed by atoms with Crippen molar-refractivity contribution >= 4 is 6.29 Å². The first-order chi connectivity index (χ1) is 7.74. The van der Waals surface area contributed by atoms with Gasteiger partial charge in [0, 0.05) is 11.1 Å². The molecular formula is C10H8FN3O2. The molecule has 2 rings (SSSR count). The summed E-state index contributed by atoms with van der Waals surface area (Å²) in [5.41, 5.74) is 5.90. The highest BCUT2D eigenvalue weighted by atomic mass is 19.1. The highest BCUT2D eigenvalue weighted by Gasteiger charge is 2.12. The number of benzene rings is 1. The van der Waals surface area contributed by atoms with Gasteiger partial charge in [-0.2, -0.15) is 4.98 Å². The maximum Gasteiger partial charge on any atom is 0.240 e. The first kappa shape index (κ1) is 10.4. The summed E-state index contributed by atoms with van der Waals surface area (Å²) in [4.78, 5) is 14.7. The lowest BCUT2D eigenvalue weighted by atomic mass is 10.1. The minimum absolute atomic E-state index is 0.116. The Morgan fingerprint density at radius 3 is 2.94 bits per heavy atom. The zero-order valence-corrected chi connectivity index (χ0v) is 8.18. The Balaban J connectivity index is 2.50. The molecule has 1 aromatic heterocycles. The maximum atomic E-state index is 12.9. The predicted octanol–water partition coefficient (Wildman–Crippen LogP) is 1.15. The fourth-order valence-electron chi connectivity index (χ4n) is 1.28. The van der Waals surface area contributed by atoms with Gasteiger partial charge in [-0.15, -0.1) is 0 Å². The molecule has 2 aromatic rings. The average molecular weight is 221 g/mol. The van der Waals surface area contributed by atoms with E-state index in [1.807, 2.05) is 0 Å². The number of halogens is 1. The summed E-state index contributed by atoms with van der Waals surface area (Å²) in [5.74, 6) is -0.00730. The zero-order valence-electron chi connectivity index (χ0n) is 8.18. The smallest absolute Gasteiger partial charge is 0.240 e. The molecule has 5 nitrogen and oxygen atoms in total. The molecule has 1 heterocycles. The van der Waals surface area contributed by atoms with Crippen LogP contribution in [0.1, 0.15) is 16.2 Å². The van der Waals surface area contributed by atoms with E-state index in [-0.39, 0.29) is 23.8 Å². The molecule has 16 heavy (non-hydrogen) atoms. The highest BCUT2D eigenvalue weighted by molar-refractivity contribution is 5.85. The van der Waals surface area contributed by atoms with Crippen molar-refractivity contribution in [2.45, 2.75) is 6.54 Å². The summed E-state index contributed by atoms with van der Waals surface area (Å²) in [5, 5.41) is 3.65. The quantitative estimate of drug-likeness (QED) is 0.786. The molecule has 0 aliphatic carbocycles. The van der Waals surface area contributed by atoms with E-state index in [1.54, 1.807) is 0 Å². The van der Waals surface area contributed by atoms with Crippen LogP contribution in [0.2, 0.25) is 0 Å². The van der Waals surface area contributed by atoms with Crippen LogP contribution in [0.25, 0.3) is 11.4 Å². The molecule has 0 saturated heterocycles. The molecule has 0 unspecified atom stereocenters. The lowest BCUT2D eigenvalue weighted by Gasteiger charge is -1.98. The molecule has 2 N–H and O–H groups in total. The highest BCUT2D eigenvalue weighted by Crippen LogP contribution is 2.20. The monoisotopic (exact) mass is 221 g/mol. The topological polar surface area (TPSA) is 82.0 Å². The summed E-state index contributed by atoms with van der Waals surface area (Å²) < 4.78 is 17.7. The molecule has 0 aliphatic heterocycles. The van der Waals surface area contributed by atoms with Crippen molar-refractivity contribution in [2.24, 2.45) is 5.73 Å². The van der Waals surface area contributed by atoms with Crippen molar-refractivity contribution in [3.05, 3.63) is 35.5 Å². The summed E-state index contributed by atoms with van der Waals surface area (Å²) in [6, 6.07) is 3.76. The van der Waals surface area contributed by atoms with Crippen LogP contribution in [-0.2, 0) is 6.54 Å². The fraction of sp³-hybridized carbons (Fsp3) is 0.100. The van der Waals surface area contributed by atoms with Crippen molar-refractivity contribution in [3.8, 4) is 11.4 Å². The van der Waals surface area contributed by atoms with Crippen molar-refractivity contribution in [3.63, 3.8) is 0 Å². The Labute approximate surface area is 90.1 Å². The van der Waals surface area contributed by atoms with Crippen LogP contribution in [0.5, 0.6) is 0 Å². The molecule has 0 spiro atoms. The Morgan fingerprint density at radius 2 is 2.31 bits per heavy atom. The minimum atomic E-state index is -0.492. The maximum absolute atomic E-state index is 12.9. The molecule has 0 atom stereocenters. The van der Waals surface area contributed by atoms with E-state index in [9.17, 15) is 9.18 Å². The van der Waals surface area contributed by atoms with E-state index in [2.05, 4.69) is 10.1 Å². The third-order valence-electron chi connectivity index (χ3n) is 2.02. The molecule has 6 heteroatoms. The summed E-state index contributed by atoms with van der Waals surface area (Å²) >= 11 is 0. The van der Waals surface area contributed by atoms with Gasteiger partial charge in [0.2, 0.25) is 11.7 Å². The second kappa shape index (κ2) is 4.19. The number of nitrogens with two attached hydrogens (primary N) is 1. The van der Waals surface area contributed by atoms with E-state index in [1.165, 1.54) is 12.1 Å². The van der Waals surface area contributed by atoms with Crippen LogP contribution in [0.15, 0.2) is 22.7 Å². The van der Waals surface area contributed by atoms with Crippen LogP contribution < -0.4 is 5.73 Å². The van der Waals surface area contributed by atoms with Gasteiger partial charge in [0.05, 0.1) is 6.54 Å². The van der Waals surface area contributed by atoms with Gasteiger partial charge < -0.3 is 10.3 Å². The minimum Gasteiger partial charge on any atom is -0.338 e. The van der Waals surface area contributed by atoms with Crippen molar-refractivity contribution < 1.29 is 13.7 Å². The average Bonchev–Trinajstić information content (AvgIpc) is 2.77. The number of rotatable bonds is 3. The first-order valence-corrected chi connectivity index (χ1v) is 4.52. The largest absolute Gasteiger partial charge is 0.338 e. The third-order valence-corrected chi connectivity index (χ3v) is 2.02. The second-order valence-electron chi connectivity index (χ2n) is 3.07. The van der Waals surface area contributed by atoms with Gasteiger partial charge in [0.25, 0.3) is 0 Å². The van der Waals surface area contributed by atoms with Gasteiger partial charge in [0.15, 0.2) is 6.29 Å². The zero-order chi connectivity index (χ0) is 11.5. The molecule has 82 valence electrons. The standard InChI is InChI=1S/C10H8FN3O2/c11-7-1-2-8(6(3-7)5-15)10-13-9(4-12)16-14-10/h1-3,5H,4,12H2. The molecular weight excluding hydrogens is 213 g/mol. The predicted molar refractivity (Wildman–Crippen MR) is 53.0 cm³/mol. The Kier molecular flexibility index (Phi) is 2.74. The second-order valence-corrected chi connectivity index (χ2v) is 3.07. The fourth-order valence-corrected chi connectivity index (χ4v) is 1.28. The van der Waals surface area contributed by atoms with Crippen LogP contribution in [0, 0.1) is 5.82 Å². The molecule has 0 aliphatic rings. The van der Waals surface area contributed by atoms with Gasteiger partial charge in [0.1, 0.15) is 5.82 Å². The van der Waals surface area contributed by atoms with E-state index in [0.29, 0.717) is 11.8 Å². The van der Waals surface area contributed by atoms with Gasteiger partial charge in [-0.05, 0) is 18.2 Å². The molecule has 1 aromatic carbocycles. The normalized spacial score (nSPS) is 10.4. The lowest BCUT2D eigenvalue weighted by Crippen LogP contribution is -1.96. The Bertz CT molecular complexity index is 525. The molecule has 0 radical (unpaired) electrons. The summed E-state index contributed by atoms with van der Waals surface area (Å²) in [6.45, 7) is 0.116. The van der Waals surface area contributed by atoms with Crippen LogP contribution in [0.3, 0.4) is 0 Å². The van der Waals surface area contributed by atoms with E-state index in [4.69, 9.17) is 10.3 Å². The number of hydrogen-bond donors (Lipinski definition) is 1. The van der Waals surface area contributed by atoms with Gasteiger partial charge in [-0.1, -0.05) is 5.16 Å². The first-order valence-electron chi connectivity index (χ1n) is 4.52. The van der Waals surface area contributed by atoms with E-state index >= 15 is 0 Å². The van der Waals surface area contributed by atoms with E-state index < -0.39 is 5.82 Å². The van der Waals surface area contributed by atoms with Crippen molar-refractivity contribution in [1.82, 2.24) is 10.1 Å². The molecule has 0 amide bonds. The molecule has 0 fully saturated rings. The third kappa shape index (κ3) is 1.82.